The maximum absolute atomic E-state index is 13.0. The summed E-state index contributed by atoms with van der Waals surface area (Å²) in [6.45, 7) is 2.44. The summed E-state index contributed by atoms with van der Waals surface area (Å²) < 4.78 is 57.4. The van der Waals surface area contributed by atoms with Crippen molar-refractivity contribution in [1.29, 1.82) is 0 Å². The molecule has 6 nitrogen and oxygen atoms in total. The van der Waals surface area contributed by atoms with E-state index in [2.05, 4.69) is 0 Å². The highest BCUT2D eigenvalue weighted by Gasteiger charge is 2.60. The molecule has 1 saturated carbocycles. The first-order valence-electron chi connectivity index (χ1n) is 7.33. The Bertz CT molecular complexity index is 844. The highest BCUT2D eigenvalue weighted by Crippen LogP contribution is 2.56. The number of nitrogens with zero attached hydrogens (tertiary/aromatic N) is 1. The fourth-order valence-electron chi connectivity index (χ4n) is 3.77. The average Bonchev–Trinajstić information content (AvgIpc) is 2.38. The van der Waals surface area contributed by atoms with Crippen LogP contribution < -0.4 is 0 Å². The number of fused-ring (bicyclic) bond motifs is 2. The summed E-state index contributed by atoms with van der Waals surface area (Å²) in [4.78, 5) is 0. The van der Waals surface area contributed by atoms with Crippen molar-refractivity contribution in [2.75, 3.05) is 12.3 Å². The number of rotatable bonds is 3. The predicted molar refractivity (Wildman–Crippen MR) is 87.3 cm³/mol. The van der Waals surface area contributed by atoms with E-state index in [4.69, 9.17) is 16.2 Å². The van der Waals surface area contributed by atoms with E-state index < -0.39 is 30.6 Å². The van der Waals surface area contributed by atoms with Gasteiger partial charge in [0.15, 0.2) is 0 Å². The predicted octanol–water partition coefficient (Wildman–Crippen LogP) is 2.00. The highest BCUT2D eigenvalue weighted by atomic mass is 35.5. The van der Waals surface area contributed by atoms with Gasteiger partial charge >= 0.3 is 0 Å². The van der Waals surface area contributed by atoms with Gasteiger partial charge in [-0.05, 0) is 42.0 Å². The summed E-state index contributed by atoms with van der Waals surface area (Å²) in [6.07, 6.45) is 0.359. The van der Waals surface area contributed by atoms with Gasteiger partial charge in [-0.15, -0.1) is 0 Å². The van der Waals surface area contributed by atoms with Gasteiger partial charge in [0.05, 0.1) is 5.75 Å². The molecule has 1 N–H and O–H groups in total. The van der Waals surface area contributed by atoms with Crippen LogP contribution in [-0.4, -0.2) is 38.0 Å². The van der Waals surface area contributed by atoms with Gasteiger partial charge in [-0.3, -0.25) is 4.55 Å². The summed E-state index contributed by atoms with van der Waals surface area (Å²) >= 11 is 6.05. The topological polar surface area (TPSA) is 91.8 Å². The van der Waals surface area contributed by atoms with Crippen molar-refractivity contribution in [2.45, 2.75) is 31.1 Å². The molecule has 1 aromatic carbocycles. The molecule has 0 bridgehead atoms. The van der Waals surface area contributed by atoms with Gasteiger partial charge in [-0.1, -0.05) is 24.6 Å². The van der Waals surface area contributed by atoms with Crippen molar-refractivity contribution in [3.8, 4) is 0 Å². The molecule has 1 spiro atoms. The van der Waals surface area contributed by atoms with Crippen molar-refractivity contribution in [3.05, 3.63) is 34.3 Å². The van der Waals surface area contributed by atoms with E-state index in [1.54, 1.807) is 19.1 Å². The molecular formula is C14H18ClNO5S2. The maximum atomic E-state index is 13.0. The summed E-state index contributed by atoms with van der Waals surface area (Å²) in [6, 6.07) is 5.23. The van der Waals surface area contributed by atoms with E-state index >= 15 is 0 Å². The van der Waals surface area contributed by atoms with Crippen LogP contribution in [0.2, 0.25) is 5.02 Å². The molecule has 1 fully saturated rings. The number of hydrogen-bond acceptors (Lipinski definition) is 4. The minimum Gasteiger partial charge on any atom is -0.286 e. The van der Waals surface area contributed by atoms with E-state index in [0.29, 0.717) is 23.7 Å². The van der Waals surface area contributed by atoms with Crippen LogP contribution in [0.3, 0.4) is 0 Å². The summed E-state index contributed by atoms with van der Waals surface area (Å²) in [5, 5.41) is 0.460. The Morgan fingerprint density at radius 1 is 1.39 bits per heavy atom. The second kappa shape index (κ2) is 5.42. The SMILES string of the molecule is CCN1Cc2ccc(Cl)cc2C2(CC(CS(=O)(=O)O)C2)S1(=O)=O. The molecule has 1 aliphatic carbocycles. The number of sulfonamides is 1. The quantitative estimate of drug-likeness (QED) is 0.811. The van der Waals surface area contributed by atoms with Gasteiger partial charge < -0.3 is 0 Å². The normalized spacial score (nSPS) is 30.0. The minimum absolute atomic E-state index is 0.180. The standard InChI is InChI=1S/C14H18ClNO5S2/c1-2-16-8-11-3-4-12(15)5-13(11)14(23(16,20)21)6-10(7-14)9-22(17,18)19/h3-5,10H,2,6-9H2,1H3,(H,17,18,19). The number of hydrogen-bond donors (Lipinski definition) is 1. The highest BCUT2D eigenvalue weighted by molar-refractivity contribution is 7.90. The lowest BCUT2D eigenvalue weighted by Gasteiger charge is -2.52. The van der Waals surface area contributed by atoms with Gasteiger partial charge in [0.1, 0.15) is 4.75 Å². The summed E-state index contributed by atoms with van der Waals surface area (Å²) in [7, 11) is -7.71. The van der Waals surface area contributed by atoms with Gasteiger partial charge in [-0.25, -0.2) is 8.42 Å². The third kappa shape index (κ3) is 2.70. The molecule has 9 heteroatoms. The lowest BCUT2D eigenvalue weighted by Crippen LogP contribution is -2.57. The zero-order valence-corrected chi connectivity index (χ0v) is 15.0. The first-order chi connectivity index (χ1) is 10.6. The average molecular weight is 380 g/mol. The van der Waals surface area contributed by atoms with Crippen molar-refractivity contribution in [2.24, 2.45) is 5.92 Å². The van der Waals surface area contributed by atoms with Gasteiger partial charge in [0, 0.05) is 18.1 Å². The van der Waals surface area contributed by atoms with Gasteiger partial charge in [0.2, 0.25) is 10.0 Å². The fourth-order valence-corrected chi connectivity index (χ4v) is 7.28. The van der Waals surface area contributed by atoms with Crippen LogP contribution in [0.4, 0.5) is 0 Å². The van der Waals surface area contributed by atoms with E-state index in [1.807, 2.05) is 6.07 Å². The van der Waals surface area contributed by atoms with Crippen LogP contribution in [0.1, 0.15) is 30.9 Å². The Hall–Kier alpha value is -0.670. The second-order valence-electron chi connectivity index (χ2n) is 6.25. The van der Waals surface area contributed by atoms with Crippen LogP contribution in [-0.2, 0) is 31.4 Å². The molecule has 0 radical (unpaired) electrons. The molecule has 23 heavy (non-hydrogen) atoms. The van der Waals surface area contributed by atoms with Crippen molar-refractivity contribution < 1.29 is 21.4 Å². The number of halogens is 1. The van der Waals surface area contributed by atoms with Crippen LogP contribution in [0.25, 0.3) is 0 Å². The van der Waals surface area contributed by atoms with Crippen molar-refractivity contribution in [3.63, 3.8) is 0 Å². The largest absolute Gasteiger partial charge is 0.286 e. The third-order valence-electron chi connectivity index (χ3n) is 4.78. The van der Waals surface area contributed by atoms with Gasteiger partial charge in [-0.2, -0.15) is 12.7 Å². The summed E-state index contributed by atoms with van der Waals surface area (Å²) in [5.74, 6) is -0.782. The Morgan fingerprint density at radius 2 is 2.04 bits per heavy atom. The first-order valence-corrected chi connectivity index (χ1v) is 10.8. The maximum Gasteiger partial charge on any atom is 0.265 e. The molecule has 0 amide bonds. The van der Waals surface area contributed by atoms with Crippen LogP contribution in [0.15, 0.2) is 18.2 Å². The minimum atomic E-state index is -4.12. The van der Waals surface area contributed by atoms with Crippen molar-refractivity contribution >= 4 is 31.7 Å². The lowest BCUT2D eigenvalue weighted by atomic mass is 9.70. The van der Waals surface area contributed by atoms with Gasteiger partial charge in [0.25, 0.3) is 10.1 Å². The van der Waals surface area contributed by atoms with Crippen LogP contribution >= 0.6 is 11.6 Å². The first kappa shape index (κ1) is 17.2. The molecule has 0 aromatic heterocycles. The molecule has 1 aromatic rings. The molecule has 0 atom stereocenters. The van der Waals surface area contributed by atoms with E-state index in [9.17, 15) is 16.8 Å². The molecule has 128 valence electrons. The fraction of sp³-hybridized carbons (Fsp3) is 0.571. The molecular weight excluding hydrogens is 362 g/mol. The van der Waals surface area contributed by atoms with Crippen molar-refractivity contribution in [1.82, 2.24) is 4.31 Å². The molecule has 2 aliphatic rings. The number of benzene rings is 1. The van der Waals surface area contributed by atoms with E-state index in [1.165, 1.54) is 4.31 Å². The zero-order valence-electron chi connectivity index (χ0n) is 12.6. The molecule has 0 saturated heterocycles. The third-order valence-corrected chi connectivity index (χ3v) is 8.51. The van der Waals surface area contributed by atoms with E-state index in [0.717, 1.165) is 5.56 Å². The monoisotopic (exact) mass is 379 g/mol. The molecule has 1 aliphatic heterocycles. The Morgan fingerprint density at radius 3 is 2.61 bits per heavy atom. The Balaban J connectivity index is 2.06. The van der Waals surface area contributed by atoms with Crippen LogP contribution in [0.5, 0.6) is 0 Å². The zero-order chi connectivity index (χ0) is 17.0. The Kier molecular flexibility index (Phi) is 4.04. The summed E-state index contributed by atoms with van der Waals surface area (Å²) in [5.41, 5.74) is 1.57. The molecule has 1 heterocycles. The van der Waals surface area contributed by atoms with E-state index in [-0.39, 0.29) is 18.8 Å². The van der Waals surface area contributed by atoms with Crippen LogP contribution in [0, 0.1) is 5.92 Å². The second-order valence-corrected chi connectivity index (χ2v) is 10.4. The lowest BCUT2D eigenvalue weighted by molar-refractivity contribution is 0.211. The molecule has 0 unspecified atom stereocenters. The smallest absolute Gasteiger partial charge is 0.265 e. The Labute approximate surface area is 141 Å². The molecule has 3 rings (SSSR count).